The zero-order valence-corrected chi connectivity index (χ0v) is 32.6. The molecule has 0 fully saturated rings. The minimum Gasteiger partial charge on any atom is -0.491 e. The monoisotopic (exact) mass is 813 g/mol. The number of hydrogen-bond acceptors (Lipinski definition) is 11. The fraction of sp³-hybridized carbons (Fsp3) is 0.350. The Morgan fingerprint density at radius 3 is 1.95 bits per heavy atom. The molecule has 5 aromatic rings. The zero-order chi connectivity index (χ0) is 40.8. The van der Waals surface area contributed by atoms with Gasteiger partial charge >= 0.3 is 0 Å². The fourth-order valence-electron chi connectivity index (χ4n) is 5.46. The summed E-state index contributed by atoms with van der Waals surface area (Å²) in [6.07, 6.45) is 2.48. The van der Waals surface area contributed by atoms with Gasteiger partial charge in [0.2, 0.25) is 0 Å². The molecule has 0 atom stereocenters. The van der Waals surface area contributed by atoms with Gasteiger partial charge in [-0.05, 0) is 67.6 Å². The van der Waals surface area contributed by atoms with Gasteiger partial charge < -0.3 is 48.0 Å². The quantitative estimate of drug-likeness (QED) is 0.0773. The van der Waals surface area contributed by atoms with Gasteiger partial charge in [-0.1, -0.05) is 0 Å². The number of carbonyl (C=O) groups is 1. The predicted octanol–water partition coefficient (Wildman–Crippen LogP) is 5.74. The second-order valence-electron chi connectivity index (χ2n) is 12.5. The highest BCUT2D eigenvalue weighted by molar-refractivity contribution is 7.90. The summed E-state index contributed by atoms with van der Waals surface area (Å²) in [7, 11) is -2.23. The molecule has 0 radical (unpaired) electrons. The van der Waals surface area contributed by atoms with Gasteiger partial charge in [-0.25, -0.2) is 17.2 Å². The topological polar surface area (TPSA) is 166 Å². The number of rotatable bonds is 23. The molecule has 0 saturated heterocycles. The average Bonchev–Trinajstić information content (AvgIpc) is 3.64. The first-order chi connectivity index (χ1) is 27.4. The number of fused-ring (bicyclic) bond motifs is 1. The number of carbonyl (C=O) groups excluding carboxylic acids is 1. The summed E-state index contributed by atoms with van der Waals surface area (Å²) in [6, 6.07) is 14.9. The number of amides is 1. The van der Waals surface area contributed by atoms with E-state index in [2.05, 4.69) is 10.3 Å². The van der Waals surface area contributed by atoms with E-state index in [-0.39, 0.29) is 38.6 Å². The predicted molar refractivity (Wildman–Crippen MR) is 208 cm³/mol. The average molecular weight is 814 g/mol. The Labute approximate surface area is 328 Å². The minimum absolute atomic E-state index is 0.0202. The number of aromatic nitrogens is 2. The molecule has 0 aliphatic heterocycles. The molecule has 2 aromatic heterocycles. The smallest absolute Gasteiger partial charge is 0.274 e. The first-order valence-electron chi connectivity index (χ1n) is 18.1. The van der Waals surface area contributed by atoms with Crippen molar-refractivity contribution in [3.8, 4) is 28.4 Å². The van der Waals surface area contributed by atoms with Gasteiger partial charge in [-0.15, -0.1) is 0 Å². The van der Waals surface area contributed by atoms with E-state index in [0.29, 0.717) is 95.7 Å². The van der Waals surface area contributed by atoms with Crippen LogP contribution in [0, 0.1) is 11.6 Å². The highest BCUT2D eigenvalue weighted by Crippen LogP contribution is 2.39. The van der Waals surface area contributed by atoms with Crippen LogP contribution in [0.2, 0.25) is 0 Å². The van der Waals surface area contributed by atoms with Crippen molar-refractivity contribution in [3.05, 3.63) is 101 Å². The number of aromatic amines is 1. The Morgan fingerprint density at radius 1 is 0.754 bits per heavy atom. The Morgan fingerprint density at radius 2 is 1.35 bits per heavy atom. The second kappa shape index (κ2) is 20.8. The maximum Gasteiger partial charge on any atom is 0.274 e. The van der Waals surface area contributed by atoms with Gasteiger partial charge in [0.1, 0.15) is 35.1 Å². The Hall–Kier alpha value is -5.17. The molecule has 0 spiro atoms. The summed E-state index contributed by atoms with van der Waals surface area (Å²) >= 11 is 0. The van der Waals surface area contributed by atoms with E-state index >= 15 is 0 Å². The summed E-state index contributed by atoms with van der Waals surface area (Å²) in [6.45, 7) is 7.08. The second-order valence-corrected chi connectivity index (χ2v) is 14.5. The van der Waals surface area contributed by atoms with E-state index in [1.165, 1.54) is 42.1 Å². The number of nitrogens with zero attached hydrogens (tertiary/aromatic N) is 1. The van der Waals surface area contributed by atoms with Crippen molar-refractivity contribution in [1.29, 1.82) is 0 Å². The molecule has 306 valence electrons. The van der Waals surface area contributed by atoms with Crippen molar-refractivity contribution in [2.24, 2.45) is 7.05 Å². The Balaban J connectivity index is 1.16. The van der Waals surface area contributed by atoms with Crippen molar-refractivity contribution in [1.82, 2.24) is 9.55 Å². The standard InChI is InChI=1S/C40H45F2N3O11S/c1-4-50-13-14-51-15-16-52-17-18-53-19-20-54-21-22-55-29-8-6-28(7-9-29)43-39(46)35-25-32-33(26-45(2)40(47)38(32)44-35)31-24-30(57(3,48)49)10-12-36(31)56-37-11-5-27(41)23-34(37)42/h5-12,23-26,44H,4,13-22H2,1-3H3,(H,43,46). The molecular weight excluding hydrogens is 769 g/mol. The number of nitrogens with one attached hydrogen (secondary N) is 2. The maximum absolute atomic E-state index is 14.6. The van der Waals surface area contributed by atoms with Crippen LogP contribution in [0.3, 0.4) is 0 Å². The molecular formula is C40H45F2N3O11S. The first-order valence-corrected chi connectivity index (χ1v) is 20.0. The third kappa shape index (κ3) is 12.4. The lowest BCUT2D eigenvalue weighted by Gasteiger charge is -2.15. The van der Waals surface area contributed by atoms with Crippen molar-refractivity contribution in [2.45, 2.75) is 11.8 Å². The molecule has 0 aliphatic carbocycles. The van der Waals surface area contributed by atoms with Gasteiger partial charge in [0.05, 0.1) is 64.4 Å². The molecule has 0 aliphatic rings. The van der Waals surface area contributed by atoms with Gasteiger partial charge in [-0.2, -0.15) is 0 Å². The molecule has 14 nitrogen and oxygen atoms in total. The molecule has 0 bridgehead atoms. The summed E-state index contributed by atoms with van der Waals surface area (Å²) in [5.41, 5.74) is 0.557. The number of halogens is 2. The SMILES string of the molecule is CCOCCOCCOCCOCCOCCOc1ccc(NC(=O)c2cc3c(-c4cc(S(C)(=O)=O)ccc4Oc4ccc(F)cc4F)cn(C)c(=O)c3[nH]2)cc1. The van der Waals surface area contributed by atoms with E-state index in [1.807, 2.05) is 6.92 Å². The number of sulfone groups is 1. The van der Waals surface area contributed by atoms with Crippen LogP contribution >= 0.6 is 0 Å². The van der Waals surface area contributed by atoms with Crippen molar-refractivity contribution < 1.29 is 55.2 Å². The highest BCUT2D eigenvalue weighted by atomic mass is 32.2. The number of hydrogen-bond donors (Lipinski definition) is 2. The molecule has 17 heteroatoms. The van der Waals surface area contributed by atoms with Crippen molar-refractivity contribution in [3.63, 3.8) is 0 Å². The largest absolute Gasteiger partial charge is 0.491 e. The van der Waals surface area contributed by atoms with Crippen LogP contribution in [-0.4, -0.2) is 103 Å². The number of H-pyrrole nitrogens is 1. The van der Waals surface area contributed by atoms with E-state index < -0.39 is 32.9 Å². The maximum atomic E-state index is 14.6. The Bertz CT molecular complexity index is 2280. The summed E-state index contributed by atoms with van der Waals surface area (Å²) in [5.74, 6) is -2.08. The molecule has 0 saturated carbocycles. The molecule has 2 heterocycles. The molecule has 1 amide bonds. The third-order valence-corrected chi connectivity index (χ3v) is 9.40. The lowest BCUT2D eigenvalue weighted by Crippen LogP contribution is -2.17. The van der Waals surface area contributed by atoms with Crippen LogP contribution in [0.25, 0.3) is 22.0 Å². The van der Waals surface area contributed by atoms with Crippen molar-refractivity contribution >= 4 is 32.3 Å². The lowest BCUT2D eigenvalue weighted by atomic mass is 10.0. The van der Waals surface area contributed by atoms with Crippen LogP contribution in [0.15, 0.2) is 82.6 Å². The Kier molecular flexibility index (Phi) is 15.7. The molecule has 2 N–H and O–H groups in total. The van der Waals surface area contributed by atoms with Crippen molar-refractivity contribution in [2.75, 3.05) is 84.2 Å². The van der Waals surface area contributed by atoms with Crippen LogP contribution in [-0.2, 0) is 40.6 Å². The summed E-state index contributed by atoms with van der Waals surface area (Å²) < 4.78 is 93.1. The first kappa shape index (κ1) is 43.0. The van der Waals surface area contributed by atoms with E-state index in [0.717, 1.165) is 18.4 Å². The van der Waals surface area contributed by atoms with Crippen LogP contribution < -0.4 is 20.3 Å². The van der Waals surface area contributed by atoms with Crippen LogP contribution in [0.4, 0.5) is 14.5 Å². The minimum atomic E-state index is -3.72. The normalized spacial score (nSPS) is 11.6. The summed E-state index contributed by atoms with van der Waals surface area (Å²) in [4.78, 5) is 29.4. The van der Waals surface area contributed by atoms with Gasteiger partial charge in [0.15, 0.2) is 21.4 Å². The van der Waals surface area contributed by atoms with Gasteiger partial charge in [-0.3, -0.25) is 9.59 Å². The summed E-state index contributed by atoms with van der Waals surface area (Å²) in [5, 5.41) is 3.05. The fourth-order valence-corrected chi connectivity index (χ4v) is 6.11. The van der Waals surface area contributed by atoms with E-state index in [4.69, 9.17) is 33.2 Å². The van der Waals surface area contributed by atoms with Crippen LogP contribution in [0.5, 0.6) is 17.2 Å². The molecule has 57 heavy (non-hydrogen) atoms. The van der Waals surface area contributed by atoms with Gasteiger partial charge in [0.25, 0.3) is 11.5 Å². The third-order valence-electron chi connectivity index (χ3n) is 8.29. The number of anilines is 1. The highest BCUT2D eigenvalue weighted by Gasteiger charge is 2.21. The lowest BCUT2D eigenvalue weighted by molar-refractivity contribution is -0.0119. The van der Waals surface area contributed by atoms with E-state index in [1.54, 1.807) is 24.3 Å². The van der Waals surface area contributed by atoms with Crippen LogP contribution in [0.1, 0.15) is 17.4 Å². The molecule has 0 unspecified atom stereocenters. The number of benzene rings is 3. The zero-order valence-electron chi connectivity index (χ0n) is 31.8. The number of pyridine rings is 1. The van der Waals surface area contributed by atoms with E-state index in [9.17, 15) is 26.8 Å². The number of aryl methyl sites for hydroxylation is 1. The molecule has 5 rings (SSSR count). The van der Waals surface area contributed by atoms with Gasteiger partial charge in [0, 0.05) is 54.4 Å². The molecule has 3 aromatic carbocycles. The number of ether oxygens (including phenoxy) is 7.